The minimum atomic E-state index is -3.36. The molecule has 0 aromatic heterocycles. The van der Waals surface area contributed by atoms with Crippen molar-refractivity contribution >= 4 is 10.1 Å². The highest BCUT2D eigenvalue weighted by atomic mass is 32.2. The zero-order valence-electron chi connectivity index (χ0n) is 7.03. The Balaban J connectivity index is 3.61. The van der Waals surface area contributed by atoms with E-state index in [1.165, 1.54) is 6.08 Å². The van der Waals surface area contributed by atoms with Crippen molar-refractivity contribution in [2.75, 3.05) is 12.4 Å². The zero-order valence-corrected chi connectivity index (χ0v) is 7.85. The first-order valence-electron chi connectivity index (χ1n) is 3.71. The van der Waals surface area contributed by atoms with Crippen molar-refractivity contribution in [2.45, 2.75) is 12.8 Å². The van der Waals surface area contributed by atoms with Crippen LogP contribution in [0.5, 0.6) is 0 Å². The Labute approximate surface area is 73.9 Å². The third-order valence-electron chi connectivity index (χ3n) is 1.14. The van der Waals surface area contributed by atoms with Crippen molar-refractivity contribution in [3.63, 3.8) is 0 Å². The van der Waals surface area contributed by atoms with Crippen LogP contribution in [0.4, 0.5) is 0 Å². The van der Waals surface area contributed by atoms with Gasteiger partial charge in [0.15, 0.2) is 0 Å². The molecule has 0 bridgehead atoms. The molecular formula is C8H14O3S. The summed E-state index contributed by atoms with van der Waals surface area (Å²) in [6.07, 6.45) is 4.48. The van der Waals surface area contributed by atoms with Crippen LogP contribution in [-0.4, -0.2) is 20.8 Å². The molecule has 0 heterocycles. The smallest absolute Gasteiger partial charge is 0.270 e. The Kier molecular flexibility index (Phi) is 5.66. The number of unbranched alkanes of at least 4 members (excludes halogenated alkanes) is 1. The quantitative estimate of drug-likeness (QED) is 0.347. The zero-order chi connectivity index (χ0) is 9.45. The van der Waals surface area contributed by atoms with Crippen molar-refractivity contribution in [3.8, 4) is 0 Å². The van der Waals surface area contributed by atoms with Gasteiger partial charge in [0.2, 0.25) is 0 Å². The standard InChI is InChI=1S/C8H14O3S/c1-3-5-6-7-11-12(9,10)8-4-2/h3-4H,1-2,5-8H2. The summed E-state index contributed by atoms with van der Waals surface area (Å²) in [6.45, 7) is 7.05. The van der Waals surface area contributed by atoms with E-state index in [-0.39, 0.29) is 12.4 Å². The first kappa shape index (κ1) is 11.4. The highest BCUT2D eigenvalue weighted by Gasteiger charge is 2.06. The molecule has 0 saturated heterocycles. The second-order valence-electron chi connectivity index (χ2n) is 2.27. The molecule has 0 rings (SSSR count). The van der Waals surface area contributed by atoms with Crippen LogP contribution in [0.2, 0.25) is 0 Å². The van der Waals surface area contributed by atoms with Gasteiger partial charge in [-0.3, -0.25) is 4.18 Å². The predicted molar refractivity (Wildman–Crippen MR) is 49.4 cm³/mol. The van der Waals surface area contributed by atoms with Crippen LogP contribution in [0.15, 0.2) is 25.3 Å². The van der Waals surface area contributed by atoms with Gasteiger partial charge in [-0.15, -0.1) is 13.2 Å². The van der Waals surface area contributed by atoms with Crippen LogP contribution in [0, 0.1) is 0 Å². The lowest BCUT2D eigenvalue weighted by atomic mass is 10.3. The fraction of sp³-hybridized carbons (Fsp3) is 0.500. The van der Waals surface area contributed by atoms with Gasteiger partial charge in [-0.1, -0.05) is 12.2 Å². The first-order valence-corrected chi connectivity index (χ1v) is 5.29. The molecule has 12 heavy (non-hydrogen) atoms. The van der Waals surface area contributed by atoms with Gasteiger partial charge in [-0.25, -0.2) is 0 Å². The van der Waals surface area contributed by atoms with Crippen molar-refractivity contribution in [2.24, 2.45) is 0 Å². The summed E-state index contributed by atoms with van der Waals surface area (Å²) in [4.78, 5) is 0. The number of allylic oxidation sites excluding steroid dienone is 1. The molecule has 0 amide bonds. The second-order valence-corrected chi connectivity index (χ2v) is 3.95. The molecule has 0 aliphatic rings. The third kappa shape index (κ3) is 6.12. The second kappa shape index (κ2) is 5.97. The molecule has 4 heteroatoms. The summed E-state index contributed by atoms with van der Waals surface area (Å²) in [6, 6.07) is 0. The van der Waals surface area contributed by atoms with Crippen LogP contribution in [0.3, 0.4) is 0 Å². The molecule has 0 aromatic rings. The maximum atomic E-state index is 10.9. The summed E-state index contributed by atoms with van der Waals surface area (Å²) in [7, 11) is -3.36. The minimum Gasteiger partial charge on any atom is -0.270 e. The number of hydrogen-bond acceptors (Lipinski definition) is 3. The SMILES string of the molecule is C=CCCCOS(=O)(=O)CC=C. The van der Waals surface area contributed by atoms with Crippen LogP contribution in [0.25, 0.3) is 0 Å². The maximum Gasteiger partial charge on any atom is 0.270 e. The van der Waals surface area contributed by atoms with Gasteiger partial charge in [0.1, 0.15) is 0 Å². The molecule has 0 spiro atoms. The Morgan fingerprint density at radius 1 is 1.25 bits per heavy atom. The summed E-state index contributed by atoms with van der Waals surface area (Å²) >= 11 is 0. The summed E-state index contributed by atoms with van der Waals surface area (Å²) in [5.74, 6) is -0.124. The van der Waals surface area contributed by atoms with Crippen LogP contribution in [-0.2, 0) is 14.3 Å². The summed E-state index contributed by atoms with van der Waals surface area (Å²) in [5, 5.41) is 0. The van der Waals surface area contributed by atoms with Gasteiger partial charge in [0.25, 0.3) is 10.1 Å². The van der Waals surface area contributed by atoms with Gasteiger partial charge >= 0.3 is 0 Å². The lowest BCUT2D eigenvalue weighted by molar-refractivity contribution is 0.315. The van der Waals surface area contributed by atoms with E-state index in [9.17, 15) is 8.42 Å². The van der Waals surface area contributed by atoms with Crippen LogP contribution in [0.1, 0.15) is 12.8 Å². The Morgan fingerprint density at radius 2 is 1.92 bits per heavy atom. The molecule has 0 radical (unpaired) electrons. The largest absolute Gasteiger partial charge is 0.270 e. The van der Waals surface area contributed by atoms with Crippen LogP contribution >= 0.6 is 0 Å². The normalized spacial score (nSPS) is 11.0. The number of hydrogen-bond donors (Lipinski definition) is 0. The van der Waals surface area contributed by atoms with Gasteiger partial charge in [0.05, 0.1) is 12.4 Å². The van der Waals surface area contributed by atoms with E-state index in [4.69, 9.17) is 0 Å². The fourth-order valence-corrected chi connectivity index (χ4v) is 1.36. The molecule has 0 atom stereocenters. The fourth-order valence-electron chi connectivity index (χ4n) is 0.606. The van der Waals surface area contributed by atoms with Crippen molar-refractivity contribution in [1.82, 2.24) is 0 Å². The van der Waals surface area contributed by atoms with E-state index in [2.05, 4.69) is 17.3 Å². The van der Waals surface area contributed by atoms with Crippen molar-refractivity contribution < 1.29 is 12.6 Å². The van der Waals surface area contributed by atoms with E-state index in [1.54, 1.807) is 6.08 Å². The highest BCUT2D eigenvalue weighted by molar-refractivity contribution is 7.86. The predicted octanol–water partition coefficient (Wildman–Crippen LogP) is 1.49. The van der Waals surface area contributed by atoms with Gasteiger partial charge < -0.3 is 0 Å². The maximum absolute atomic E-state index is 10.9. The highest BCUT2D eigenvalue weighted by Crippen LogP contribution is 1.97. The molecule has 0 aliphatic heterocycles. The Bertz CT molecular complexity index is 229. The average Bonchev–Trinajstić information content (AvgIpc) is 1.98. The van der Waals surface area contributed by atoms with E-state index < -0.39 is 10.1 Å². The molecule has 0 aromatic carbocycles. The van der Waals surface area contributed by atoms with E-state index >= 15 is 0 Å². The van der Waals surface area contributed by atoms with Gasteiger partial charge in [-0.05, 0) is 12.8 Å². The average molecular weight is 190 g/mol. The number of rotatable bonds is 7. The monoisotopic (exact) mass is 190 g/mol. The minimum absolute atomic E-state index is 0.124. The molecule has 0 aliphatic carbocycles. The first-order chi connectivity index (χ1) is 5.62. The molecular weight excluding hydrogens is 176 g/mol. The van der Waals surface area contributed by atoms with E-state index in [1.807, 2.05) is 0 Å². The van der Waals surface area contributed by atoms with Crippen molar-refractivity contribution in [3.05, 3.63) is 25.3 Å². The van der Waals surface area contributed by atoms with Crippen molar-refractivity contribution in [1.29, 1.82) is 0 Å². The Morgan fingerprint density at radius 3 is 2.42 bits per heavy atom. The third-order valence-corrected chi connectivity index (χ3v) is 2.31. The van der Waals surface area contributed by atoms with Gasteiger partial charge in [0, 0.05) is 0 Å². The van der Waals surface area contributed by atoms with Gasteiger partial charge in [-0.2, -0.15) is 8.42 Å². The van der Waals surface area contributed by atoms with E-state index in [0.717, 1.165) is 6.42 Å². The topological polar surface area (TPSA) is 43.4 Å². The summed E-state index contributed by atoms with van der Waals surface area (Å²) in [5.41, 5.74) is 0. The van der Waals surface area contributed by atoms with E-state index in [0.29, 0.717) is 6.42 Å². The molecule has 0 fully saturated rings. The lowest BCUT2D eigenvalue weighted by Crippen LogP contribution is -2.09. The molecule has 0 N–H and O–H groups in total. The molecule has 70 valence electrons. The lowest BCUT2D eigenvalue weighted by Gasteiger charge is -2.00. The molecule has 0 unspecified atom stereocenters. The summed E-state index contributed by atoms with van der Waals surface area (Å²) < 4.78 is 26.4. The Hall–Kier alpha value is -0.610. The molecule has 3 nitrogen and oxygen atoms in total. The molecule has 0 saturated carbocycles. The van der Waals surface area contributed by atoms with Crippen LogP contribution < -0.4 is 0 Å².